The number of aromatic nitrogens is 2. The molecule has 0 bridgehead atoms. The third kappa shape index (κ3) is 2.43. The Morgan fingerprint density at radius 2 is 1.80 bits per heavy atom. The molecule has 2 heterocycles. The molecule has 1 aliphatic heterocycles. The van der Waals surface area contributed by atoms with Crippen LogP contribution in [0.5, 0.6) is 0 Å². The lowest BCUT2D eigenvalue weighted by Crippen LogP contribution is -2.34. The van der Waals surface area contributed by atoms with Gasteiger partial charge in [-0.25, -0.2) is 4.79 Å². The molecule has 3 rings (SSSR count). The summed E-state index contributed by atoms with van der Waals surface area (Å²) in [6, 6.07) is 7.29. The Balaban J connectivity index is 2.04. The number of benzene rings is 1. The van der Waals surface area contributed by atoms with Gasteiger partial charge in [-0.3, -0.25) is 4.79 Å². The lowest BCUT2D eigenvalue weighted by Gasteiger charge is -2.20. The van der Waals surface area contributed by atoms with Gasteiger partial charge in [-0.15, -0.1) is 0 Å². The molecule has 1 aromatic heterocycles. The molecule has 0 radical (unpaired) electrons. The number of hydrogen-bond acceptors (Lipinski definition) is 3. The summed E-state index contributed by atoms with van der Waals surface area (Å²) in [5.74, 6) is -0.130. The van der Waals surface area contributed by atoms with Crippen molar-refractivity contribution in [2.75, 3.05) is 13.1 Å². The van der Waals surface area contributed by atoms with E-state index in [9.17, 15) is 9.59 Å². The Morgan fingerprint density at radius 3 is 2.55 bits per heavy atom. The van der Waals surface area contributed by atoms with Crippen LogP contribution < -0.4 is 5.69 Å². The smallest absolute Gasteiger partial charge is 0.337 e. The highest BCUT2D eigenvalue weighted by molar-refractivity contribution is 6.04. The molecule has 104 valence electrons. The number of rotatable bonds is 1. The fraction of sp³-hybridized carbons (Fsp3) is 0.400. The molecule has 1 aromatic carbocycles. The normalized spacial score (nSPS) is 16.1. The molecule has 0 spiro atoms. The van der Waals surface area contributed by atoms with Crippen LogP contribution in [-0.4, -0.2) is 33.9 Å². The van der Waals surface area contributed by atoms with E-state index in [4.69, 9.17) is 0 Å². The first kappa shape index (κ1) is 12.8. The standard InChI is InChI=1S/C15H17N3O2/c19-14(18-9-5-1-2-6-10-18)13-11-7-3-4-8-12(11)16-15(20)17-13/h3-4,7-8H,1-2,5-6,9-10H2,(H,16,17,20). The number of carbonyl (C=O) groups excluding carboxylic acids is 1. The van der Waals surface area contributed by atoms with E-state index in [1.807, 2.05) is 23.1 Å². The summed E-state index contributed by atoms with van der Waals surface area (Å²) in [6.07, 6.45) is 4.36. The summed E-state index contributed by atoms with van der Waals surface area (Å²) in [4.78, 5) is 32.6. The lowest BCUT2D eigenvalue weighted by molar-refractivity contribution is 0.0757. The average Bonchev–Trinajstić information content (AvgIpc) is 2.74. The maximum absolute atomic E-state index is 12.6. The van der Waals surface area contributed by atoms with Crippen LogP contribution in [-0.2, 0) is 0 Å². The minimum atomic E-state index is -0.470. The van der Waals surface area contributed by atoms with Crippen molar-refractivity contribution in [2.45, 2.75) is 25.7 Å². The van der Waals surface area contributed by atoms with Gasteiger partial charge in [0.15, 0.2) is 0 Å². The van der Waals surface area contributed by atoms with Crippen LogP contribution in [0.25, 0.3) is 10.9 Å². The van der Waals surface area contributed by atoms with E-state index in [1.165, 1.54) is 0 Å². The Morgan fingerprint density at radius 1 is 1.10 bits per heavy atom. The van der Waals surface area contributed by atoms with Gasteiger partial charge >= 0.3 is 5.69 Å². The van der Waals surface area contributed by atoms with Gasteiger partial charge < -0.3 is 9.88 Å². The second-order valence-electron chi connectivity index (χ2n) is 5.14. The molecule has 1 amide bonds. The first-order valence-corrected chi connectivity index (χ1v) is 7.04. The molecule has 5 heteroatoms. The van der Waals surface area contributed by atoms with Crippen LogP contribution in [0.2, 0.25) is 0 Å². The Labute approximate surface area is 116 Å². The van der Waals surface area contributed by atoms with Crippen molar-refractivity contribution in [1.29, 1.82) is 0 Å². The number of nitrogens with one attached hydrogen (secondary N) is 1. The Kier molecular flexibility index (Phi) is 3.50. The van der Waals surface area contributed by atoms with E-state index < -0.39 is 5.69 Å². The van der Waals surface area contributed by atoms with Crippen LogP contribution in [0.15, 0.2) is 29.1 Å². The highest BCUT2D eigenvalue weighted by Gasteiger charge is 2.21. The van der Waals surface area contributed by atoms with Crippen LogP contribution in [0.1, 0.15) is 36.2 Å². The van der Waals surface area contributed by atoms with Gasteiger partial charge in [-0.05, 0) is 18.9 Å². The summed E-state index contributed by atoms with van der Waals surface area (Å²) in [7, 11) is 0. The number of para-hydroxylation sites is 1. The van der Waals surface area contributed by atoms with E-state index in [1.54, 1.807) is 6.07 Å². The van der Waals surface area contributed by atoms with Crippen molar-refractivity contribution in [3.8, 4) is 0 Å². The number of nitrogens with zero attached hydrogens (tertiary/aromatic N) is 2. The molecular formula is C15H17N3O2. The van der Waals surface area contributed by atoms with Gasteiger partial charge in [0, 0.05) is 18.5 Å². The van der Waals surface area contributed by atoms with Gasteiger partial charge in [0.1, 0.15) is 5.69 Å². The maximum Gasteiger partial charge on any atom is 0.346 e. The molecular weight excluding hydrogens is 254 g/mol. The van der Waals surface area contributed by atoms with Crippen LogP contribution in [0.4, 0.5) is 0 Å². The fourth-order valence-electron chi connectivity index (χ4n) is 2.69. The molecule has 1 aliphatic rings. The topological polar surface area (TPSA) is 66.1 Å². The molecule has 2 aromatic rings. The molecule has 0 saturated carbocycles. The van der Waals surface area contributed by atoms with E-state index in [0.29, 0.717) is 10.9 Å². The third-order valence-electron chi connectivity index (χ3n) is 3.73. The largest absolute Gasteiger partial charge is 0.346 e. The highest BCUT2D eigenvalue weighted by Crippen LogP contribution is 2.17. The predicted molar refractivity (Wildman–Crippen MR) is 76.7 cm³/mol. The molecule has 0 atom stereocenters. The van der Waals surface area contributed by atoms with Crippen LogP contribution in [0, 0.1) is 0 Å². The zero-order chi connectivity index (χ0) is 13.9. The van der Waals surface area contributed by atoms with Crippen molar-refractivity contribution >= 4 is 16.8 Å². The van der Waals surface area contributed by atoms with Gasteiger partial charge in [-0.2, -0.15) is 4.98 Å². The van der Waals surface area contributed by atoms with Gasteiger partial charge in [0.2, 0.25) is 0 Å². The molecule has 0 unspecified atom stereocenters. The van der Waals surface area contributed by atoms with E-state index in [0.717, 1.165) is 38.8 Å². The summed E-state index contributed by atoms with van der Waals surface area (Å²) in [5, 5.41) is 0.710. The zero-order valence-corrected chi connectivity index (χ0v) is 11.3. The van der Waals surface area contributed by atoms with E-state index in [2.05, 4.69) is 9.97 Å². The summed E-state index contributed by atoms with van der Waals surface area (Å²) >= 11 is 0. The number of fused-ring (bicyclic) bond motifs is 1. The number of carbonyl (C=O) groups is 1. The SMILES string of the molecule is O=C(c1nc(=O)[nH]c2ccccc12)N1CCCCCC1. The molecule has 1 N–H and O–H groups in total. The summed E-state index contributed by atoms with van der Waals surface area (Å²) in [6.45, 7) is 1.50. The van der Waals surface area contributed by atoms with Crippen molar-refractivity contribution in [1.82, 2.24) is 14.9 Å². The Hall–Kier alpha value is -2.17. The summed E-state index contributed by atoms with van der Waals surface area (Å²) in [5.41, 5.74) is 0.457. The molecule has 20 heavy (non-hydrogen) atoms. The molecule has 5 nitrogen and oxygen atoms in total. The van der Waals surface area contributed by atoms with Gasteiger partial charge in [0.25, 0.3) is 5.91 Å². The highest BCUT2D eigenvalue weighted by atomic mass is 16.2. The number of amides is 1. The first-order valence-electron chi connectivity index (χ1n) is 7.04. The van der Waals surface area contributed by atoms with Crippen molar-refractivity contribution < 1.29 is 4.79 Å². The maximum atomic E-state index is 12.6. The number of aromatic amines is 1. The number of H-pyrrole nitrogens is 1. The first-order chi connectivity index (χ1) is 9.75. The van der Waals surface area contributed by atoms with Gasteiger partial charge in [-0.1, -0.05) is 31.0 Å². The monoisotopic (exact) mass is 271 g/mol. The molecule has 0 aliphatic carbocycles. The predicted octanol–water partition coefficient (Wildman–Crippen LogP) is 1.94. The number of hydrogen-bond donors (Lipinski definition) is 1. The second kappa shape index (κ2) is 5.45. The third-order valence-corrected chi connectivity index (χ3v) is 3.73. The fourth-order valence-corrected chi connectivity index (χ4v) is 2.69. The van der Waals surface area contributed by atoms with Crippen LogP contribution >= 0.6 is 0 Å². The van der Waals surface area contributed by atoms with Gasteiger partial charge in [0.05, 0.1) is 5.52 Å². The molecule has 1 saturated heterocycles. The Bertz CT molecular complexity index is 685. The lowest BCUT2D eigenvalue weighted by atomic mass is 10.1. The minimum absolute atomic E-state index is 0.130. The van der Waals surface area contributed by atoms with Crippen LogP contribution in [0.3, 0.4) is 0 Å². The van der Waals surface area contributed by atoms with Crippen molar-refractivity contribution in [2.24, 2.45) is 0 Å². The number of likely N-dealkylation sites (tertiary alicyclic amines) is 1. The summed E-state index contributed by atoms with van der Waals surface area (Å²) < 4.78 is 0. The second-order valence-corrected chi connectivity index (χ2v) is 5.14. The quantitative estimate of drug-likeness (QED) is 0.862. The average molecular weight is 271 g/mol. The van der Waals surface area contributed by atoms with Crippen molar-refractivity contribution in [3.63, 3.8) is 0 Å². The minimum Gasteiger partial charge on any atom is -0.337 e. The van der Waals surface area contributed by atoms with E-state index in [-0.39, 0.29) is 11.6 Å². The van der Waals surface area contributed by atoms with Crippen molar-refractivity contribution in [3.05, 3.63) is 40.4 Å². The zero-order valence-electron chi connectivity index (χ0n) is 11.3. The molecule has 1 fully saturated rings. The van der Waals surface area contributed by atoms with E-state index >= 15 is 0 Å².